The van der Waals surface area contributed by atoms with Crippen LogP contribution in [0.25, 0.3) is 0 Å². The van der Waals surface area contributed by atoms with E-state index in [-0.39, 0.29) is 12.0 Å². The lowest BCUT2D eigenvalue weighted by Crippen LogP contribution is -2.56. The van der Waals surface area contributed by atoms with Crippen molar-refractivity contribution in [1.82, 2.24) is 10.6 Å². The van der Waals surface area contributed by atoms with Gasteiger partial charge in [-0.15, -0.1) is 0 Å². The third kappa shape index (κ3) is 2.95. The Bertz CT molecular complexity index is 521. The summed E-state index contributed by atoms with van der Waals surface area (Å²) in [6, 6.07) is 2.79. The van der Waals surface area contributed by atoms with Gasteiger partial charge in [-0.1, -0.05) is 0 Å². The average Bonchev–Trinajstić information content (AvgIpc) is 3.11. The highest BCUT2D eigenvalue weighted by Gasteiger charge is 2.48. The zero-order valence-electron chi connectivity index (χ0n) is 11.9. The maximum atomic E-state index is 12.0. The predicted molar refractivity (Wildman–Crippen MR) is 72.3 cm³/mol. The van der Waals surface area contributed by atoms with Gasteiger partial charge >= 0.3 is 12.0 Å². The summed E-state index contributed by atoms with van der Waals surface area (Å²) in [6.07, 6.45) is 1.66. The molecule has 2 amide bonds. The summed E-state index contributed by atoms with van der Waals surface area (Å²) in [5, 5.41) is 14.6. The number of hydrogen-bond acceptors (Lipinski definition) is 3. The molecule has 2 atom stereocenters. The predicted octanol–water partition coefficient (Wildman–Crippen LogP) is 2.20. The monoisotopic (exact) mass is 280 g/mol. The van der Waals surface area contributed by atoms with Crippen molar-refractivity contribution in [1.29, 1.82) is 0 Å². The van der Waals surface area contributed by atoms with E-state index in [1.165, 1.54) is 0 Å². The third-order valence-corrected chi connectivity index (χ3v) is 3.75. The van der Waals surface area contributed by atoms with Crippen molar-refractivity contribution >= 4 is 12.0 Å². The molecule has 6 heteroatoms. The third-order valence-electron chi connectivity index (χ3n) is 3.75. The Kier molecular flexibility index (Phi) is 3.74. The summed E-state index contributed by atoms with van der Waals surface area (Å²) in [5.41, 5.74) is -1.21. The molecule has 20 heavy (non-hydrogen) atoms. The summed E-state index contributed by atoms with van der Waals surface area (Å²) < 4.78 is 5.42. The van der Waals surface area contributed by atoms with Crippen LogP contribution >= 0.6 is 0 Å². The first-order valence-corrected chi connectivity index (χ1v) is 6.71. The summed E-state index contributed by atoms with van der Waals surface area (Å²) in [4.78, 5) is 23.3. The number of carbonyl (C=O) groups excluding carboxylic acids is 1. The molecule has 1 aliphatic carbocycles. The van der Waals surface area contributed by atoms with Crippen LogP contribution in [-0.2, 0) is 4.79 Å². The van der Waals surface area contributed by atoms with Gasteiger partial charge in [-0.05, 0) is 51.7 Å². The number of nitrogens with one attached hydrogen (secondary N) is 2. The van der Waals surface area contributed by atoms with Crippen LogP contribution < -0.4 is 10.6 Å². The minimum atomic E-state index is -1.21. The van der Waals surface area contributed by atoms with Gasteiger partial charge in [-0.3, -0.25) is 0 Å². The molecule has 2 unspecified atom stereocenters. The zero-order valence-corrected chi connectivity index (χ0v) is 11.9. The molecule has 2 rings (SSSR count). The van der Waals surface area contributed by atoms with E-state index in [1.54, 1.807) is 19.9 Å². The largest absolute Gasteiger partial charge is 0.480 e. The van der Waals surface area contributed by atoms with E-state index in [0.717, 1.165) is 18.6 Å². The summed E-state index contributed by atoms with van der Waals surface area (Å²) in [7, 11) is 0. The maximum absolute atomic E-state index is 12.0. The number of aryl methyl sites for hydroxylation is 1. The minimum Gasteiger partial charge on any atom is -0.480 e. The molecule has 1 aromatic rings. The lowest BCUT2D eigenvalue weighted by atomic mass is 9.96. The first-order chi connectivity index (χ1) is 9.33. The molecular formula is C14H20N2O4. The Labute approximate surface area is 117 Å². The number of hydrogen-bond donors (Lipinski definition) is 3. The zero-order chi connectivity index (χ0) is 14.9. The molecule has 1 saturated carbocycles. The lowest BCUT2D eigenvalue weighted by molar-refractivity contribution is -0.144. The molecule has 0 aromatic carbocycles. The number of furan rings is 1. The van der Waals surface area contributed by atoms with E-state index >= 15 is 0 Å². The Morgan fingerprint density at radius 1 is 1.45 bits per heavy atom. The molecular weight excluding hydrogens is 260 g/mol. The SMILES string of the molecule is Cc1ccc(C(C)NC(=O)NC(C)(C(=O)O)C2CC2)o1. The molecule has 110 valence electrons. The molecule has 1 fully saturated rings. The van der Waals surface area contributed by atoms with E-state index < -0.39 is 17.5 Å². The van der Waals surface area contributed by atoms with Gasteiger partial charge in [-0.25, -0.2) is 9.59 Å². The Morgan fingerprint density at radius 2 is 2.10 bits per heavy atom. The molecule has 0 bridgehead atoms. The van der Waals surface area contributed by atoms with E-state index in [0.29, 0.717) is 5.76 Å². The summed E-state index contributed by atoms with van der Waals surface area (Å²) in [5.74, 6) is 0.409. The fraction of sp³-hybridized carbons (Fsp3) is 0.571. The van der Waals surface area contributed by atoms with Crippen LogP contribution in [0, 0.1) is 12.8 Å². The van der Waals surface area contributed by atoms with Crippen LogP contribution in [0.4, 0.5) is 4.79 Å². The van der Waals surface area contributed by atoms with Gasteiger partial charge in [0.05, 0.1) is 6.04 Å². The highest BCUT2D eigenvalue weighted by molar-refractivity contribution is 5.86. The number of rotatable bonds is 5. The normalized spacial score (nSPS) is 18.9. The van der Waals surface area contributed by atoms with E-state index in [1.807, 2.05) is 13.0 Å². The molecule has 0 spiro atoms. The van der Waals surface area contributed by atoms with Crippen molar-refractivity contribution in [2.75, 3.05) is 0 Å². The van der Waals surface area contributed by atoms with Crippen molar-refractivity contribution in [3.8, 4) is 0 Å². The number of carbonyl (C=O) groups is 2. The number of carboxylic acid groups (broad SMARTS) is 1. The van der Waals surface area contributed by atoms with Crippen LogP contribution in [0.1, 0.15) is 44.3 Å². The molecule has 0 saturated heterocycles. The molecule has 1 heterocycles. The molecule has 1 aromatic heterocycles. The fourth-order valence-corrected chi connectivity index (χ4v) is 2.22. The topological polar surface area (TPSA) is 91.6 Å². The van der Waals surface area contributed by atoms with Crippen LogP contribution in [0.5, 0.6) is 0 Å². The van der Waals surface area contributed by atoms with E-state index in [2.05, 4.69) is 10.6 Å². The number of carboxylic acids is 1. The van der Waals surface area contributed by atoms with E-state index in [9.17, 15) is 14.7 Å². The molecule has 0 radical (unpaired) electrons. The highest BCUT2D eigenvalue weighted by atomic mass is 16.4. The van der Waals surface area contributed by atoms with Gasteiger partial charge in [0.25, 0.3) is 0 Å². The van der Waals surface area contributed by atoms with Gasteiger partial charge in [-0.2, -0.15) is 0 Å². The second-order valence-corrected chi connectivity index (χ2v) is 5.55. The Hall–Kier alpha value is -1.98. The average molecular weight is 280 g/mol. The van der Waals surface area contributed by atoms with Gasteiger partial charge in [0.2, 0.25) is 0 Å². The fourth-order valence-electron chi connectivity index (χ4n) is 2.22. The van der Waals surface area contributed by atoms with E-state index in [4.69, 9.17) is 4.42 Å². The van der Waals surface area contributed by atoms with Gasteiger partial charge in [0, 0.05) is 0 Å². The van der Waals surface area contributed by atoms with Crippen molar-refractivity contribution in [2.24, 2.45) is 5.92 Å². The van der Waals surface area contributed by atoms with Crippen molar-refractivity contribution in [2.45, 2.75) is 45.2 Å². The number of urea groups is 1. The second kappa shape index (κ2) is 5.19. The van der Waals surface area contributed by atoms with Crippen LogP contribution in [0.15, 0.2) is 16.5 Å². The second-order valence-electron chi connectivity index (χ2n) is 5.55. The van der Waals surface area contributed by atoms with Crippen LogP contribution in [-0.4, -0.2) is 22.6 Å². The van der Waals surface area contributed by atoms with Gasteiger partial charge < -0.3 is 20.2 Å². The first-order valence-electron chi connectivity index (χ1n) is 6.71. The van der Waals surface area contributed by atoms with Crippen molar-refractivity contribution < 1.29 is 19.1 Å². The molecule has 1 aliphatic rings. The summed E-state index contributed by atoms with van der Waals surface area (Å²) >= 11 is 0. The Balaban J connectivity index is 1.96. The summed E-state index contributed by atoms with van der Waals surface area (Å²) in [6.45, 7) is 5.16. The quantitative estimate of drug-likeness (QED) is 0.771. The maximum Gasteiger partial charge on any atom is 0.329 e. The molecule has 0 aliphatic heterocycles. The molecule has 3 N–H and O–H groups in total. The minimum absolute atomic E-state index is 0.00640. The van der Waals surface area contributed by atoms with Crippen molar-refractivity contribution in [3.63, 3.8) is 0 Å². The van der Waals surface area contributed by atoms with Crippen molar-refractivity contribution in [3.05, 3.63) is 23.7 Å². The standard InChI is InChI=1S/C14H20N2O4/c1-8-4-7-11(20-8)9(2)15-13(19)16-14(3,12(17)18)10-5-6-10/h4,7,9-10H,5-6H2,1-3H3,(H,17,18)(H2,15,16,19). The van der Waals surface area contributed by atoms with Crippen LogP contribution in [0.2, 0.25) is 0 Å². The number of aliphatic carboxylic acids is 1. The lowest BCUT2D eigenvalue weighted by Gasteiger charge is -2.27. The smallest absolute Gasteiger partial charge is 0.329 e. The number of amides is 2. The Morgan fingerprint density at radius 3 is 2.55 bits per heavy atom. The van der Waals surface area contributed by atoms with Gasteiger partial charge in [0.1, 0.15) is 17.1 Å². The highest BCUT2D eigenvalue weighted by Crippen LogP contribution is 2.39. The van der Waals surface area contributed by atoms with Gasteiger partial charge in [0.15, 0.2) is 0 Å². The molecule has 6 nitrogen and oxygen atoms in total. The first kappa shape index (κ1) is 14.4. The van der Waals surface area contributed by atoms with Crippen LogP contribution in [0.3, 0.4) is 0 Å².